The number of nitrogens with zero attached hydrogens (tertiary/aromatic N) is 1. The maximum absolute atomic E-state index is 12.2. The molecule has 0 aliphatic carbocycles. The molecule has 1 saturated heterocycles. The first kappa shape index (κ1) is 17.6. The lowest BCUT2D eigenvalue weighted by molar-refractivity contribution is -0.126. The lowest BCUT2D eigenvalue weighted by atomic mass is 9.88. The molecule has 0 spiro atoms. The Kier molecular flexibility index (Phi) is 5.12. The highest BCUT2D eigenvalue weighted by atomic mass is 16.6. The average Bonchev–Trinajstić information content (AvgIpc) is 2.74. The van der Waals surface area contributed by atoms with Crippen LogP contribution in [0.25, 0.3) is 0 Å². The van der Waals surface area contributed by atoms with Crippen molar-refractivity contribution in [1.29, 1.82) is 0 Å². The molecular weight excluding hydrogens is 340 g/mol. The summed E-state index contributed by atoms with van der Waals surface area (Å²) in [4.78, 5) is 14.6. The Labute approximate surface area is 159 Å². The SMILES string of the molecule is CNC(=O)C1CCN(Cc2ccccc2)C(C2=COc3ccccc3O2)C1. The summed E-state index contributed by atoms with van der Waals surface area (Å²) in [6.07, 6.45) is 3.24. The van der Waals surface area contributed by atoms with E-state index in [0.717, 1.165) is 36.8 Å². The van der Waals surface area contributed by atoms with E-state index in [2.05, 4.69) is 34.5 Å². The van der Waals surface area contributed by atoms with Crippen molar-refractivity contribution in [3.05, 3.63) is 72.2 Å². The van der Waals surface area contributed by atoms with E-state index < -0.39 is 0 Å². The van der Waals surface area contributed by atoms with Gasteiger partial charge < -0.3 is 14.8 Å². The van der Waals surface area contributed by atoms with Gasteiger partial charge in [0.2, 0.25) is 5.91 Å². The Morgan fingerprint density at radius 2 is 1.85 bits per heavy atom. The minimum absolute atomic E-state index is 0.00499. The van der Waals surface area contributed by atoms with Gasteiger partial charge in [0, 0.05) is 19.5 Å². The molecule has 1 amide bonds. The molecule has 2 unspecified atom stereocenters. The van der Waals surface area contributed by atoms with Gasteiger partial charge in [-0.15, -0.1) is 0 Å². The second kappa shape index (κ2) is 7.84. The normalized spacial score (nSPS) is 22.0. The maximum atomic E-state index is 12.2. The average molecular weight is 364 g/mol. The number of rotatable bonds is 4. The van der Waals surface area contributed by atoms with Crippen LogP contribution in [0.4, 0.5) is 0 Å². The number of nitrogens with one attached hydrogen (secondary N) is 1. The summed E-state index contributed by atoms with van der Waals surface area (Å²) in [7, 11) is 1.70. The van der Waals surface area contributed by atoms with Gasteiger partial charge in [-0.1, -0.05) is 42.5 Å². The standard InChI is InChI=1S/C22H24N2O3/c1-23-22(25)17-11-12-24(14-16-7-3-2-4-8-16)18(13-17)21-15-26-19-9-5-6-10-20(19)27-21/h2-10,15,17-18H,11-14H2,1H3,(H,23,25). The van der Waals surface area contributed by atoms with Crippen LogP contribution in [0.1, 0.15) is 18.4 Å². The first-order valence-electron chi connectivity index (χ1n) is 9.38. The highest BCUT2D eigenvalue weighted by Crippen LogP contribution is 2.36. The van der Waals surface area contributed by atoms with Gasteiger partial charge in [-0.25, -0.2) is 0 Å². The second-order valence-corrected chi connectivity index (χ2v) is 6.99. The minimum atomic E-state index is -0.0197. The van der Waals surface area contributed by atoms with E-state index in [1.54, 1.807) is 13.3 Å². The van der Waals surface area contributed by atoms with Crippen molar-refractivity contribution >= 4 is 5.91 Å². The monoisotopic (exact) mass is 364 g/mol. The number of carbonyl (C=O) groups is 1. The van der Waals surface area contributed by atoms with Crippen LogP contribution in [0.3, 0.4) is 0 Å². The number of carbonyl (C=O) groups excluding carboxylic acids is 1. The lowest BCUT2D eigenvalue weighted by Gasteiger charge is -2.40. The second-order valence-electron chi connectivity index (χ2n) is 6.99. The minimum Gasteiger partial charge on any atom is -0.457 e. The number of benzene rings is 2. The van der Waals surface area contributed by atoms with E-state index in [-0.39, 0.29) is 17.9 Å². The molecule has 0 radical (unpaired) electrons. The number of para-hydroxylation sites is 2. The number of amides is 1. The van der Waals surface area contributed by atoms with Crippen molar-refractivity contribution in [1.82, 2.24) is 10.2 Å². The third-order valence-corrected chi connectivity index (χ3v) is 5.27. The zero-order valence-electron chi connectivity index (χ0n) is 15.4. The fourth-order valence-corrected chi connectivity index (χ4v) is 3.81. The van der Waals surface area contributed by atoms with Crippen molar-refractivity contribution in [2.75, 3.05) is 13.6 Å². The van der Waals surface area contributed by atoms with Gasteiger partial charge in [-0.2, -0.15) is 0 Å². The van der Waals surface area contributed by atoms with Crippen molar-refractivity contribution in [2.24, 2.45) is 5.92 Å². The van der Waals surface area contributed by atoms with Crippen LogP contribution in [-0.2, 0) is 11.3 Å². The van der Waals surface area contributed by atoms with E-state index in [4.69, 9.17) is 9.47 Å². The molecule has 0 bridgehead atoms. The van der Waals surface area contributed by atoms with Gasteiger partial charge in [-0.3, -0.25) is 9.69 Å². The predicted molar refractivity (Wildman–Crippen MR) is 103 cm³/mol. The molecule has 2 aromatic rings. The summed E-state index contributed by atoms with van der Waals surface area (Å²) in [6, 6.07) is 18.0. The topological polar surface area (TPSA) is 50.8 Å². The Bertz CT molecular complexity index is 834. The molecule has 5 nitrogen and oxygen atoms in total. The molecule has 0 aromatic heterocycles. The molecule has 140 valence electrons. The third kappa shape index (κ3) is 3.83. The number of piperidine rings is 1. The number of hydrogen-bond acceptors (Lipinski definition) is 4. The van der Waals surface area contributed by atoms with Crippen LogP contribution in [0, 0.1) is 5.92 Å². The van der Waals surface area contributed by atoms with Crippen molar-refractivity contribution in [2.45, 2.75) is 25.4 Å². The highest BCUT2D eigenvalue weighted by Gasteiger charge is 2.36. The predicted octanol–water partition coefficient (Wildman–Crippen LogP) is 3.33. The largest absolute Gasteiger partial charge is 0.457 e. The first-order chi connectivity index (χ1) is 13.2. The Morgan fingerprint density at radius 1 is 1.11 bits per heavy atom. The molecule has 2 atom stereocenters. The Balaban J connectivity index is 1.57. The quantitative estimate of drug-likeness (QED) is 0.904. The van der Waals surface area contributed by atoms with Gasteiger partial charge in [0.1, 0.15) is 6.26 Å². The first-order valence-corrected chi connectivity index (χ1v) is 9.38. The Hall–Kier alpha value is -2.79. The highest BCUT2D eigenvalue weighted by molar-refractivity contribution is 5.78. The van der Waals surface area contributed by atoms with Crippen LogP contribution in [-0.4, -0.2) is 30.4 Å². The van der Waals surface area contributed by atoms with E-state index in [0.29, 0.717) is 6.42 Å². The molecule has 2 aliphatic heterocycles. The smallest absolute Gasteiger partial charge is 0.222 e. The van der Waals surface area contributed by atoms with Crippen LogP contribution < -0.4 is 14.8 Å². The maximum Gasteiger partial charge on any atom is 0.222 e. The fourth-order valence-electron chi connectivity index (χ4n) is 3.81. The van der Waals surface area contributed by atoms with Crippen LogP contribution in [0.15, 0.2) is 66.6 Å². The molecule has 1 N–H and O–H groups in total. The summed E-state index contributed by atoms with van der Waals surface area (Å²) < 4.78 is 12.0. The summed E-state index contributed by atoms with van der Waals surface area (Å²) in [5.41, 5.74) is 1.25. The summed E-state index contributed by atoms with van der Waals surface area (Å²) >= 11 is 0. The van der Waals surface area contributed by atoms with Crippen molar-refractivity contribution in [3.63, 3.8) is 0 Å². The van der Waals surface area contributed by atoms with Crippen LogP contribution in [0.2, 0.25) is 0 Å². The molecule has 1 fully saturated rings. The molecule has 0 saturated carbocycles. The number of ether oxygens (including phenoxy) is 2. The fraction of sp³-hybridized carbons (Fsp3) is 0.318. The van der Waals surface area contributed by atoms with Gasteiger partial charge in [0.15, 0.2) is 17.3 Å². The Morgan fingerprint density at radius 3 is 2.63 bits per heavy atom. The zero-order valence-corrected chi connectivity index (χ0v) is 15.4. The van der Waals surface area contributed by atoms with Gasteiger partial charge in [-0.05, 0) is 37.1 Å². The molecule has 5 heteroatoms. The van der Waals surface area contributed by atoms with E-state index in [1.807, 2.05) is 30.3 Å². The molecular formula is C22H24N2O3. The van der Waals surface area contributed by atoms with Gasteiger partial charge >= 0.3 is 0 Å². The van der Waals surface area contributed by atoms with Gasteiger partial charge in [0.05, 0.1) is 6.04 Å². The van der Waals surface area contributed by atoms with Crippen molar-refractivity contribution < 1.29 is 14.3 Å². The zero-order chi connectivity index (χ0) is 18.6. The molecule has 2 heterocycles. The van der Waals surface area contributed by atoms with Crippen molar-refractivity contribution in [3.8, 4) is 11.5 Å². The van der Waals surface area contributed by atoms with Crippen LogP contribution >= 0.6 is 0 Å². The summed E-state index contributed by atoms with van der Waals surface area (Å²) in [6.45, 7) is 1.65. The molecule has 4 rings (SSSR count). The number of fused-ring (bicyclic) bond motifs is 1. The van der Waals surface area contributed by atoms with Gasteiger partial charge in [0.25, 0.3) is 0 Å². The van der Waals surface area contributed by atoms with E-state index >= 15 is 0 Å². The summed E-state index contributed by atoms with van der Waals surface area (Å²) in [5, 5.41) is 2.79. The third-order valence-electron chi connectivity index (χ3n) is 5.27. The number of likely N-dealkylation sites (tertiary alicyclic amines) is 1. The lowest BCUT2D eigenvalue weighted by Crippen LogP contribution is -2.47. The van der Waals surface area contributed by atoms with E-state index in [1.165, 1.54) is 5.56 Å². The molecule has 27 heavy (non-hydrogen) atoms. The van der Waals surface area contributed by atoms with Crippen LogP contribution in [0.5, 0.6) is 11.5 Å². The molecule has 2 aliphatic rings. The summed E-state index contributed by atoms with van der Waals surface area (Å²) in [5.74, 6) is 2.27. The number of hydrogen-bond donors (Lipinski definition) is 1. The van der Waals surface area contributed by atoms with E-state index in [9.17, 15) is 4.79 Å². The molecule has 2 aromatic carbocycles.